The van der Waals surface area contributed by atoms with Gasteiger partial charge in [0.15, 0.2) is 3.95 Å². The van der Waals surface area contributed by atoms with Crippen LogP contribution in [0.25, 0.3) is 0 Å². The van der Waals surface area contributed by atoms with Crippen LogP contribution < -0.4 is 16.4 Å². The molecule has 25 heavy (non-hydrogen) atoms. The summed E-state index contributed by atoms with van der Waals surface area (Å²) in [6.07, 6.45) is 0.182. The minimum absolute atomic E-state index is 0.0306. The number of aromatic amines is 1. The monoisotopic (exact) mass is 381 g/mol. The van der Waals surface area contributed by atoms with E-state index < -0.39 is 11.4 Å². The number of benzene rings is 1. The van der Waals surface area contributed by atoms with Gasteiger partial charge >= 0.3 is 0 Å². The molecule has 0 aliphatic carbocycles. The van der Waals surface area contributed by atoms with Crippen molar-refractivity contribution in [2.45, 2.75) is 18.4 Å². The van der Waals surface area contributed by atoms with Gasteiger partial charge in [-0.3, -0.25) is 20.0 Å². The summed E-state index contributed by atoms with van der Waals surface area (Å²) in [6, 6.07) is 8.65. The highest BCUT2D eigenvalue weighted by atomic mass is 32.1. The highest BCUT2D eigenvalue weighted by Crippen LogP contribution is 2.25. The van der Waals surface area contributed by atoms with Crippen LogP contribution in [0.5, 0.6) is 0 Å². The molecule has 134 valence electrons. The van der Waals surface area contributed by atoms with E-state index in [0.717, 1.165) is 11.3 Å². The van der Waals surface area contributed by atoms with E-state index in [4.69, 9.17) is 23.1 Å². The normalized spacial score (nSPS) is 13.0. The first kappa shape index (κ1) is 19.2. The number of nitrogens with one attached hydrogen (secondary N) is 3. The summed E-state index contributed by atoms with van der Waals surface area (Å²) in [5.74, 6) is -0.946. The van der Waals surface area contributed by atoms with Gasteiger partial charge in [0.1, 0.15) is 5.54 Å². The van der Waals surface area contributed by atoms with E-state index in [1.54, 1.807) is 30.3 Å². The van der Waals surface area contributed by atoms with E-state index >= 15 is 0 Å². The lowest BCUT2D eigenvalue weighted by molar-refractivity contribution is -0.128. The van der Waals surface area contributed by atoms with Crippen molar-refractivity contribution in [2.75, 3.05) is 18.5 Å². The Morgan fingerprint density at radius 1 is 1.36 bits per heavy atom. The Kier molecular flexibility index (Phi) is 6.76. The van der Waals surface area contributed by atoms with Crippen molar-refractivity contribution in [3.05, 3.63) is 39.8 Å². The van der Waals surface area contributed by atoms with Gasteiger partial charge in [0, 0.05) is 13.2 Å². The number of rotatable bonds is 8. The third kappa shape index (κ3) is 5.16. The number of amides is 2. The predicted molar refractivity (Wildman–Crippen MR) is 97.6 cm³/mol. The fraction of sp³-hybridized carbons (Fsp3) is 0.333. The maximum atomic E-state index is 12.8. The van der Waals surface area contributed by atoms with Gasteiger partial charge in [0.2, 0.25) is 11.0 Å². The smallest absolute Gasteiger partial charge is 0.251 e. The molecule has 2 aromatic rings. The number of nitrogens with zero attached hydrogens (tertiary/aromatic N) is 1. The lowest BCUT2D eigenvalue weighted by Gasteiger charge is -2.27. The highest BCUT2D eigenvalue weighted by molar-refractivity contribution is 7.73. The van der Waals surface area contributed by atoms with Gasteiger partial charge in [-0.1, -0.05) is 41.7 Å². The van der Waals surface area contributed by atoms with Gasteiger partial charge in [-0.05, 0) is 24.2 Å². The molecule has 1 heterocycles. The van der Waals surface area contributed by atoms with E-state index in [-0.39, 0.29) is 24.1 Å². The van der Waals surface area contributed by atoms with Crippen LogP contribution in [0.4, 0.5) is 5.13 Å². The van der Waals surface area contributed by atoms with Gasteiger partial charge in [-0.2, -0.15) is 0 Å². The quantitative estimate of drug-likeness (QED) is 0.340. The first-order valence-electron chi connectivity index (χ1n) is 7.54. The Morgan fingerprint density at radius 3 is 2.68 bits per heavy atom. The topological polar surface area (TPSA) is 133 Å². The molecule has 0 aliphatic heterocycles. The van der Waals surface area contributed by atoms with Crippen LogP contribution in [0.15, 0.2) is 30.3 Å². The Hall–Kier alpha value is -2.14. The number of nitrogens with two attached hydrogens (primary N) is 1. The van der Waals surface area contributed by atoms with Gasteiger partial charge in [0.05, 0.1) is 6.42 Å². The summed E-state index contributed by atoms with van der Waals surface area (Å²) >= 11 is 6.03. The number of aromatic nitrogens is 2. The van der Waals surface area contributed by atoms with Crippen molar-refractivity contribution in [3.63, 3.8) is 0 Å². The summed E-state index contributed by atoms with van der Waals surface area (Å²) in [4.78, 5) is 25.0. The second kappa shape index (κ2) is 8.81. The van der Waals surface area contributed by atoms with Crippen molar-refractivity contribution in [2.24, 2.45) is 5.73 Å². The zero-order valence-electron chi connectivity index (χ0n) is 13.3. The number of aliphatic hydroxyl groups excluding tert-OH is 1. The molecular weight excluding hydrogens is 362 g/mol. The van der Waals surface area contributed by atoms with Gasteiger partial charge in [0.25, 0.3) is 5.91 Å². The van der Waals surface area contributed by atoms with Crippen LogP contribution >= 0.6 is 23.6 Å². The number of hydrogen-bond donors (Lipinski definition) is 5. The summed E-state index contributed by atoms with van der Waals surface area (Å²) < 4.78 is 0.416. The van der Waals surface area contributed by atoms with E-state index in [0.29, 0.717) is 22.5 Å². The maximum Gasteiger partial charge on any atom is 0.251 e. The third-order valence-electron chi connectivity index (χ3n) is 3.45. The number of H-pyrrole nitrogens is 1. The number of carbonyl (C=O) groups is 2. The molecule has 0 fully saturated rings. The molecule has 10 heteroatoms. The van der Waals surface area contributed by atoms with Gasteiger partial charge < -0.3 is 16.2 Å². The number of aliphatic hydroxyl groups is 1. The molecule has 0 saturated heterocycles. The molecule has 0 saturated carbocycles. The standard InChI is InChI=1S/C15H19N5O3S2/c16-15(10-5-2-1-3-6-10,9-11(22)17-7-4-8-21)12(23)18-13-19-20-14(24)25-13/h1-3,5-6,21H,4,7-9,16H2,(H,17,22)(H,20,24)(H,18,19,23)/t15-/m0/s1. The van der Waals surface area contributed by atoms with Crippen molar-refractivity contribution in [1.82, 2.24) is 15.5 Å². The molecule has 0 spiro atoms. The highest BCUT2D eigenvalue weighted by Gasteiger charge is 2.38. The lowest BCUT2D eigenvalue weighted by Crippen LogP contribution is -2.51. The Labute approximate surface area is 153 Å². The fourth-order valence-corrected chi connectivity index (χ4v) is 2.95. The van der Waals surface area contributed by atoms with Crippen molar-refractivity contribution in [3.8, 4) is 0 Å². The largest absolute Gasteiger partial charge is 0.396 e. The minimum atomic E-state index is -1.57. The molecule has 8 nitrogen and oxygen atoms in total. The molecule has 2 amide bonds. The zero-order valence-corrected chi connectivity index (χ0v) is 15.0. The van der Waals surface area contributed by atoms with Crippen molar-refractivity contribution < 1.29 is 14.7 Å². The summed E-state index contributed by atoms with van der Waals surface area (Å²) in [7, 11) is 0. The van der Waals surface area contributed by atoms with E-state index in [1.807, 2.05) is 0 Å². The second-order valence-corrected chi connectivity index (χ2v) is 6.98. The summed E-state index contributed by atoms with van der Waals surface area (Å²) in [5.41, 5.74) is 5.27. The van der Waals surface area contributed by atoms with Crippen molar-refractivity contribution >= 4 is 40.5 Å². The third-order valence-corrected chi connectivity index (χ3v) is 4.45. The van der Waals surface area contributed by atoms with E-state index in [2.05, 4.69) is 20.8 Å². The van der Waals surface area contributed by atoms with E-state index in [9.17, 15) is 9.59 Å². The summed E-state index contributed by atoms with van der Waals surface area (Å²) in [5, 5.41) is 20.7. The molecule has 0 aliphatic rings. The average Bonchev–Trinajstić information content (AvgIpc) is 3.00. The number of anilines is 1. The molecule has 0 radical (unpaired) electrons. The molecule has 6 N–H and O–H groups in total. The maximum absolute atomic E-state index is 12.8. The predicted octanol–water partition coefficient (Wildman–Crippen LogP) is 0.882. The first-order chi connectivity index (χ1) is 12.0. The molecular formula is C15H19N5O3S2. The molecule has 0 unspecified atom stereocenters. The minimum Gasteiger partial charge on any atom is -0.396 e. The molecule has 1 aromatic carbocycles. The van der Waals surface area contributed by atoms with Crippen LogP contribution in [-0.4, -0.2) is 40.3 Å². The second-order valence-electron chi connectivity index (χ2n) is 5.31. The Morgan fingerprint density at radius 2 is 2.08 bits per heavy atom. The zero-order chi connectivity index (χ0) is 18.3. The molecule has 1 atom stereocenters. The summed E-state index contributed by atoms with van der Waals surface area (Å²) in [6.45, 7) is 0.278. The van der Waals surface area contributed by atoms with E-state index in [1.165, 1.54) is 0 Å². The lowest BCUT2D eigenvalue weighted by atomic mass is 9.86. The van der Waals surface area contributed by atoms with Gasteiger partial charge in [-0.15, -0.1) is 5.10 Å². The van der Waals surface area contributed by atoms with Crippen LogP contribution in [0.2, 0.25) is 0 Å². The van der Waals surface area contributed by atoms with Crippen LogP contribution in [0.3, 0.4) is 0 Å². The van der Waals surface area contributed by atoms with Crippen LogP contribution in [0.1, 0.15) is 18.4 Å². The number of carbonyl (C=O) groups excluding carboxylic acids is 2. The van der Waals surface area contributed by atoms with Crippen LogP contribution in [0, 0.1) is 3.95 Å². The number of hydrogen-bond acceptors (Lipinski definition) is 7. The Balaban J connectivity index is 2.21. The van der Waals surface area contributed by atoms with Crippen LogP contribution in [-0.2, 0) is 15.1 Å². The SMILES string of the molecule is N[C@](CC(=O)NCCCO)(C(=O)Nc1n[nH]c(=S)s1)c1ccccc1. The average molecular weight is 381 g/mol. The van der Waals surface area contributed by atoms with Crippen molar-refractivity contribution in [1.29, 1.82) is 0 Å². The molecule has 0 bridgehead atoms. The first-order valence-corrected chi connectivity index (χ1v) is 8.77. The van der Waals surface area contributed by atoms with Gasteiger partial charge in [-0.25, -0.2) is 0 Å². The molecule has 1 aromatic heterocycles. The Bertz CT molecular complexity index is 777. The fourth-order valence-electron chi connectivity index (χ4n) is 2.16. The molecule has 2 rings (SSSR count).